The highest BCUT2D eigenvalue weighted by Crippen LogP contribution is 2.30. The summed E-state index contributed by atoms with van der Waals surface area (Å²) in [6, 6.07) is 15.6. The molecule has 0 atom stereocenters. The van der Waals surface area contributed by atoms with E-state index in [1.54, 1.807) is 0 Å². The number of aryl methyl sites for hydroxylation is 2. The van der Waals surface area contributed by atoms with Gasteiger partial charge in [0.25, 0.3) is 0 Å². The zero-order chi connectivity index (χ0) is 14.1. The smallest absolute Gasteiger partial charge is 0.138 e. The molecule has 2 aromatic carbocycles. The topological polar surface area (TPSA) is 48.1 Å². The number of para-hydroxylation sites is 1. The van der Waals surface area contributed by atoms with Crippen molar-refractivity contribution < 1.29 is 4.74 Å². The predicted octanol–water partition coefficient (Wildman–Crippen LogP) is 4.23. The Morgan fingerprint density at radius 2 is 1.80 bits per heavy atom. The van der Waals surface area contributed by atoms with Gasteiger partial charge in [-0.2, -0.15) is 0 Å². The number of nitrogen functional groups attached to an aromatic ring is 1. The molecule has 0 unspecified atom stereocenters. The molecule has 1 aromatic heterocycles. The molecule has 3 heteroatoms. The predicted molar refractivity (Wildman–Crippen MR) is 82.1 cm³/mol. The number of hydrogen-bond acceptors (Lipinski definition) is 3. The van der Waals surface area contributed by atoms with Crippen LogP contribution in [0.25, 0.3) is 10.9 Å². The number of pyridine rings is 1. The van der Waals surface area contributed by atoms with E-state index >= 15 is 0 Å². The maximum atomic E-state index is 6.01. The van der Waals surface area contributed by atoms with Crippen LogP contribution in [0.4, 0.5) is 5.69 Å². The van der Waals surface area contributed by atoms with Gasteiger partial charge in [0.1, 0.15) is 11.5 Å². The molecule has 0 spiro atoms. The molecule has 3 rings (SSSR count). The van der Waals surface area contributed by atoms with Crippen molar-refractivity contribution in [2.75, 3.05) is 5.73 Å². The molecular weight excluding hydrogens is 248 g/mol. The van der Waals surface area contributed by atoms with Gasteiger partial charge in [-0.25, -0.2) is 0 Å². The van der Waals surface area contributed by atoms with E-state index in [4.69, 9.17) is 10.5 Å². The summed E-state index contributed by atoms with van der Waals surface area (Å²) >= 11 is 0. The molecule has 3 nitrogen and oxygen atoms in total. The largest absolute Gasteiger partial charge is 0.457 e. The van der Waals surface area contributed by atoms with Gasteiger partial charge in [-0.1, -0.05) is 12.1 Å². The summed E-state index contributed by atoms with van der Waals surface area (Å²) in [5, 5.41) is 1.01. The third kappa shape index (κ3) is 2.30. The minimum atomic E-state index is 0.771. The van der Waals surface area contributed by atoms with Gasteiger partial charge in [-0.3, -0.25) is 4.98 Å². The van der Waals surface area contributed by atoms with Gasteiger partial charge in [0.05, 0.1) is 5.52 Å². The maximum Gasteiger partial charge on any atom is 0.138 e. The van der Waals surface area contributed by atoms with Crippen molar-refractivity contribution in [2.24, 2.45) is 0 Å². The van der Waals surface area contributed by atoms with Gasteiger partial charge in [0.15, 0.2) is 0 Å². The number of aromatic nitrogens is 1. The number of rotatable bonds is 2. The fourth-order valence-electron chi connectivity index (χ4n) is 2.19. The lowest BCUT2D eigenvalue weighted by atomic mass is 10.1. The van der Waals surface area contributed by atoms with Crippen molar-refractivity contribution in [2.45, 2.75) is 13.8 Å². The van der Waals surface area contributed by atoms with E-state index < -0.39 is 0 Å². The molecule has 0 saturated heterocycles. The van der Waals surface area contributed by atoms with Crippen LogP contribution in [-0.2, 0) is 0 Å². The Hall–Kier alpha value is -2.55. The first kappa shape index (κ1) is 12.5. The summed E-state index contributed by atoms with van der Waals surface area (Å²) in [7, 11) is 0. The Morgan fingerprint density at radius 3 is 2.60 bits per heavy atom. The maximum absolute atomic E-state index is 6.01. The van der Waals surface area contributed by atoms with Crippen LogP contribution in [0, 0.1) is 13.8 Å². The molecule has 0 saturated carbocycles. The van der Waals surface area contributed by atoms with E-state index in [9.17, 15) is 0 Å². The van der Waals surface area contributed by atoms with Gasteiger partial charge in [-0.05, 0) is 49.7 Å². The normalized spacial score (nSPS) is 10.7. The number of benzene rings is 2. The average Bonchev–Trinajstić information content (AvgIpc) is 2.43. The van der Waals surface area contributed by atoms with Crippen molar-refractivity contribution in [1.82, 2.24) is 4.98 Å². The second kappa shape index (κ2) is 4.85. The summed E-state index contributed by atoms with van der Waals surface area (Å²) in [5.41, 5.74) is 9.49. The Bertz CT molecular complexity index is 781. The van der Waals surface area contributed by atoms with Crippen LogP contribution in [0.15, 0.2) is 48.5 Å². The van der Waals surface area contributed by atoms with Crippen LogP contribution in [0.5, 0.6) is 11.5 Å². The van der Waals surface area contributed by atoms with Gasteiger partial charge >= 0.3 is 0 Å². The van der Waals surface area contributed by atoms with E-state index in [2.05, 4.69) is 4.98 Å². The summed E-state index contributed by atoms with van der Waals surface area (Å²) in [4.78, 5) is 4.51. The van der Waals surface area contributed by atoms with Crippen molar-refractivity contribution in [3.63, 3.8) is 0 Å². The highest BCUT2D eigenvalue weighted by molar-refractivity contribution is 5.85. The van der Waals surface area contributed by atoms with E-state index in [1.807, 2.05) is 62.4 Å². The van der Waals surface area contributed by atoms with Crippen molar-refractivity contribution in [1.29, 1.82) is 0 Å². The molecule has 0 fully saturated rings. The molecule has 0 aliphatic heterocycles. The molecule has 20 heavy (non-hydrogen) atoms. The number of ether oxygens (including phenoxy) is 1. The number of fused-ring (bicyclic) bond motifs is 1. The summed E-state index contributed by atoms with van der Waals surface area (Å²) in [6.07, 6.45) is 0. The lowest BCUT2D eigenvalue weighted by Gasteiger charge is -2.11. The second-order valence-corrected chi connectivity index (χ2v) is 4.90. The van der Waals surface area contributed by atoms with Crippen molar-refractivity contribution in [3.05, 3.63) is 59.8 Å². The van der Waals surface area contributed by atoms with Crippen LogP contribution in [-0.4, -0.2) is 4.98 Å². The molecule has 2 N–H and O–H groups in total. The first-order valence-corrected chi connectivity index (χ1v) is 6.54. The number of nitrogens with zero attached hydrogens (tertiary/aromatic N) is 1. The second-order valence-electron chi connectivity index (χ2n) is 4.90. The Kier molecular flexibility index (Phi) is 3.03. The van der Waals surface area contributed by atoms with Gasteiger partial charge in [0, 0.05) is 22.8 Å². The molecule has 0 amide bonds. The highest BCUT2D eigenvalue weighted by atomic mass is 16.5. The molecular formula is C17H16N2O. The van der Waals surface area contributed by atoms with Gasteiger partial charge < -0.3 is 10.5 Å². The first-order chi connectivity index (χ1) is 9.63. The quantitative estimate of drug-likeness (QED) is 0.705. The van der Waals surface area contributed by atoms with E-state index in [1.165, 1.54) is 0 Å². The third-order valence-corrected chi connectivity index (χ3v) is 3.28. The van der Waals surface area contributed by atoms with Crippen molar-refractivity contribution >= 4 is 16.6 Å². The first-order valence-electron chi connectivity index (χ1n) is 6.54. The Morgan fingerprint density at radius 1 is 1.00 bits per heavy atom. The molecule has 0 aliphatic carbocycles. The van der Waals surface area contributed by atoms with Crippen molar-refractivity contribution in [3.8, 4) is 11.5 Å². The molecule has 0 aliphatic rings. The number of nitrogens with two attached hydrogens (primary N) is 1. The Balaban J connectivity index is 2.07. The third-order valence-electron chi connectivity index (χ3n) is 3.28. The molecule has 0 radical (unpaired) electrons. The molecule has 1 heterocycles. The molecule has 100 valence electrons. The highest BCUT2D eigenvalue weighted by Gasteiger charge is 2.06. The summed E-state index contributed by atoms with van der Waals surface area (Å²) in [6.45, 7) is 3.94. The Labute approximate surface area is 118 Å². The summed E-state index contributed by atoms with van der Waals surface area (Å²) < 4.78 is 6.01. The lowest BCUT2D eigenvalue weighted by molar-refractivity contribution is 0.487. The van der Waals surface area contributed by atoms with Gasteiger partial charge in [-0.15, -0.1) is 0 Å². The van der Waals surface area contributed by atoms with E-state index in [0.29, 0.717) is 0 Å². The monoisotopic (exact) mass is 264 g/mol. The average molecular weight is 264 g/mol. The zero-order valence-electron chi connectivity index (χ0n) is 11.6. The van der Waals surface area contributed by atoms with Crippen LogP contribution in [0.1, 0.15) is 11.3 Å². The minimum absolute atomic E-state index is 0.771. The van der Waals surface area contributed by atoms with E-state index in [0.717, 1.165) is 39.3 Å². The molecule has 3 aromatic rings. The van der Waals surface area contributed by atoms with Crippen LogP contribution in [0.2, 0.25) is 0 Å². The minimum Gasteiger partial charge on any atom is -0.457 e. The van der Waals surface area contributed by atoms with Crippen LogP contribution < -0.4 is 10.5 Å². The van der Waals surface area contributed by atoms with Gasteiger partial charge in [0.2, 0.25) is 0 Å². The SMILES string of the molecule is Cc1cc(Oc2ccc(N)c(C)c2)c2ccccc2n1. The van der Waals surface area contributed by atoms with E-state index in [-0.39, 0.29) is 0 Å². The lowest BCUT2D eigenvalue weighted by Crippen LogP contribution is -1.93. The fraction of sp³-hybridized carbons (Fsp3) is 0.118. The standard InChI is InChI=1S/C17H16N2O/c1-11-9-13(7-8-15(11)18)20-17-10-12(2)19-16-6-4-3-5-14(16)17/h3-10H,18H2,1-2H3. The zero-order valence-corrected chi connectivity index (χ0v) is 11.6. The fourth-order valence-corrected chi connectivity index (χ4v) is 2.19. The van der Waals surface area contributed by atoms with Crippen LogP contribution >= 0.6 is 0 Å². The number of hydrogen-bond donors (Lipinski definition) is 1. The molecule has 0 bridgehead atoms. The summed E-state index contributed by atoms with van der Waals surface area (Å²) in [5.74, 6) is 1.60. The van der Waals surface area contributed by atoms with Crippen LogP contribution in [0.3, 0.4) is 0 Å². The number of anilines is 1.